The number of fused-ring (bicyclic) bond motifs is 1. The van der Waals surface area contributed by atoms with E-state index in [4.69, 9.17) is 4.74 Å². The largest absolute Gasteiger partial charge is 0.491 e. The smallest absolute Gasteiger partial charge is 0.237 e. The summed E-state index contributed by atoms with van der Waals surface area (Å²) in [5, 5.41) is 12.9. The van der Waals surface area contributed by atoms with Crippen molar-refractivity contribution in [1.82, 2.24) is 9.80 Å². The van der Waals surface area contributed by atoms with Gasteiger partial charge in [-0.25, -0.2) is 4.39 Å². The molecule has 2 aromatic carbocycles. The Morgan fingerprint density at radius 2 is 2.00 bits per heavy atom. The quantitative estimate of drug-likeness (QED) is 0.438. The van der Waals surface area contributed by atoms with Gasteiger partial charge in [0, 0.05) is 30.6 Å². The number of aliphatic hydroxyl groups excluding tert-OH is 1. The molecule has 7 heteroatoms. The number of rotatable bonds is 10. The summed E-state index contributed by atoms with van der Waals surface area (Å²) in [6.45, 7) is 2.40. The van der Waals surface area contributed by atoms with Gasteiger partial charge in [-0.2, -0.15) is 0 Å². The SMILES string of the molecule is O=C(CN(CC1CC1)C[C@H](O)c1ccccc1)N1CCc2sccc2[C@H]1COc1cccc(F)c1. The summed E-state index contributed by atoms with van der Waals surface area (Å²) >= 11 is 1.71. The van der Waals surface area contributed by atoms with Crippen molar-refractivity contribution in [2.75, 3.05) is 32.8 Å². The summed E-state index contributed by atoms with van der Waals surface area (Å²) in [6.07, 6.45) is 2.54. The predicted octanol–water partition coefficient (Wildman–Crippen LogP) is 4.84. The molecule has 0 radical (unpaired) electrons. The minimum atomic E-state index is -0.639. The van der Waals surface area contributed by atoms with E-state index in [2.05, 4.69) is 16.3 Å². The van der Waals surface area contributed by atoms with Gasteiger partial charge in [-0.1, -0.05) is 36.4 Å². The van der Waals surface area contributed by atoms with Crippen LogP contribution in [-0.2, 0) is 11.2 Å². The van der Waals surface area contributed by atoms with Crippen LogP contribution in [-0.4, -0.2) is 53.6 Å². The lowest BCUT2D eigenvalue weighted by Gasteiger charge is -2.37. The fraction of sp³-hybridized carbons (Fsp3) is 0.393. The van der Waals surface area contributed by atoms with Crippen molar-refractivity contribution in [1.29, 1.82) is 0 Å². The predicted molar refractivity (Wildman–Crippen MR) is 135 cm³/mol. The van der Waals surface area contributed by atoms with Crippen LogP contribution in [0.5, 0.6) is 5.75 Å². The van der Waals surface area contributed by atoms with Crippen LogP contribution in [0, 0.1) is 11.7 Å². The lowest BCUT2D eigenvalue weighted by Crippen LogP contribution is -2.47. The topological polar surface area (TPSA) is 53.0 Å². The molecule has 5 nitrogen and oxygen atoms in total. The van der Waals surface area contributed by atoms with Crippen molar-refractivity contribution in [3.63, 3.8) is 0 Å². The van der Waals surface area contributed by atoms with E-state index in [-0.39, 0.29) is 30.9 Å². The molecule has 1 N–H and O–H groups in total. The first kappa shape index (κ1) is 24.0. The Kier molecular flexibility index (Phi) is 7.46. The van der Waals surface area contributed by atoms with E-state index in [9.17, 15) is 14.3 Å². The molecule has 1 amide bonds. The summed E-state index contributed by atoms with van der Waals surface area (Å²) < 4.78 is 19.6. The van der Waals surface area contributed by atoms with E-state index in [1.807, 2.05) is 35.2 Å². The summed E-state index contributed by atoms with van der Waals surface area (Å²) in [5.74, 6) is 0.752. The Labute approximate surface area is 209 Å². The Morgan fingerprint density at radius 3 is 2.77 bits per heavy atom. The highest BCUT2D eigenvalue weighted by atomic mass is 32.1. The molecule has 3 aromatic rings. The minimum Gasteiger partial charge on any atom is -0.491 e. The number of ether oxygens (including phenoxy) is 1. The van der Waals surface area contributed by atoms with E-state index in [1.165, 1.54) is 29.9 Å². The van der Waals surface area contributed by atoms with E-state index in [0.717, 1.165) is 24.1 Å². The fourth-order valence-corrected chi connectivity index (χ4v) is 5.71. The van der Waals surface area contributed by atoms with Gasteiger partial charge in [-0.15, -0.1) is 11.3 Å². The van der Waals surface area contributed by atoms with Crippen molar-refractivity contribution in [3.8, 4) is 5.75 Å². The zero-order chi connectivity index (χ0) is 24.2. The molecule has 184 valence electrons. The number of hydrogen-bond donors (Lipinski definition) is 1. The van der Waals surface area contributed by atoms with Gasteiger partial charge in [0.05, 0.1) is 18.7 Å². The lowest BCUT2D eigenvalue weighted by atomic mass is 10.00. The van der Waals surface area contributed by atoms with Crippen molar-refractivity contribution in [2.24, 2.45) is 5.92 Å². The van der Waals surface area contributed by atoms with Gasteiger partial charge in [0.25, 0.3) is 0 Å². The Bertz CT molecular complexity index is 1130. The Morgan fingerprint density at radius 1 is 1.17 bits per heavy atom. The molecule has 0 bridgehead atoms. The molecule has 0 unspecified atom stereocenters. The molecule has 35 heavy (non-hydrogen) atoms. The monoisotopic (exact) mass is 494 g/mol. The average molecular weight is 495 g/mol. The third-order valence-electron chi connectivity index (χ3n) is 6.81. The molecule has 1 aliphatic heterocycles. The van der Waals surface area contributed by atoms with Gasteiger partial charge in [-0.3, -0.25) is 9.69 Å². The third-order valence-corrected chi connectivity index (χ3v) is 7.80. The first-order valence-corrected chi connectivity index (χ1v) is 13.1. The number of hydrogen-bond acceptors (Lipinski definition) is 5. The summed E-state index contributed by atoms with van der Waals surface area (Å²) in [6, 6.07) is 17.6. The third kappa shape index (κ3) is 6.10. The normalized spacial score (nSPS) is 18.4. The second-order valence-electron chi connectivity index (χ2n) is 9.48. The molecule has 2 atom stereocenters. The van der Waals surface area contributed by atoms with E-state index >= 15 is 0 Å². The van der Waals surface area contributed by atoms with Crippen LogP contribution >= 0.6 is 11.3 Å². The molecular formula is C28H31FN2O3S. The second-order valence-corrected chi connectivity index (χ2v) is 10.5. The second kappa shape index (κ2) is 10.9. The van der Waals surface area contributed by atoms with Crippen LogP contribution in [0.25, 0.3) is 0 Å². The summed E-state index contributed by atoms with van der Waals surface area (Å²) in [4.78, 5) is 18.9. The Balaban J connectivity index is 1.29. The molecule has 2 heterocycles. The van der Waals surface area contributed by atoms with E-state index < -0.39 is 6.10 Å². The molecule has 0 saturated heterocycles. The summed E-state index contributed by atoms with van der Waals surface area (Å²) in [7, 11) is 0. The lowest BCUT2D eigenvalue weighted by molar-refractivity contribution is -0.136. The average Bonchev–Trinajstić information content (AvgIpc) is 3.54. The Hall–Kier alpha value is -2.74. The molecule has 1 aromatic heterocycles. The number of carbonyl (C=O) groups excluding carboxylic acids is 1. The molecule has 1 fully saturated rings. The molecule has 0 spiro atoms. The van der Waals surface area contributed by atoms with Gasteiger partial charge in [-0.05, 0) is 59.9 Å². The van der Waals surface area contributed by atoms with Gasteiger partial charge in [0.2, 0.25) is 5.91 Å². The van der Waals surface area contributed by atoms with Gasteiger partial charge < -0.3 is 14.7 Å². The highest BCUT2D eigenvalue weighted by Crippen LogP contribution is 2.35. The van der Waals surface area contributed by atoms with Gasteiger partial charge >= 0.3 is 0 Å². The van der Waals surface area contributed by atoms with Gasteiger partial charge in [0.15, 0.2) is 0 Å². The fourth-order valence-electron chi connectivity index (χ4n) is 4.78. The van der Waals surface area contributed by atoms with Gasteiger partial charge in [0.1, 0.15) is 18.2 Å². The van der Waals surface area contributed by atoms with Crippen LogP contribution < -0.4 is 4.74 Å². The number of thiophene rings is 1. The van der Waals surface area contributed by atoms with Crippen molar-refractivity contribution >= 4 is 17.2 Å². The number of nitrogens with zero attached hydrogens (tertiary/aromatic N) is 2. The number of benzene rings is 2. The first-order chi connectivity index (χ1) is 17.1. The van der Waals surface area contributed by atoms with Crippen molar-refractivity contribution in [2.45, 2.75) is 31.4 Å². The standard InChI is InChI=1S/C28H31FN2O3S/c29-22-7-4-8-23(15-22)34-19-25-24-12-14-35-27(24)11-13-31(25)28(33)18-30(16-20-9-10-20)17-26(32)21-5-2-1-3-6-21/h1-8,12,14-15,20,25-26,32H,9-11,13,16-19H2/t25-,26+/m1/s1. The number of aliphatic hydroxyl groups is 1. The maximum absolute atomic E-state index is 13.6. The number of halogens is 1. The minimum absolute atomic E-state index is 0.0376. The molecule has 1 aliphatic carbocycles. The zero-order valence-electron chi connectivity index (χ0n) is 19.7. The molecule has 5 rings (SSSR count). The van der Waals surface area contributed by atoms with Crippen LogP contribution in [0.15, 0.2) is 66.0 Å². The molecule has 2 aliphatic rings. The summed E-state index contributed by atoms with van der Waals surface area (Å²) in [5.41, 5.74) is 1.98. The van der Waals surface area contributed by atoms with Crippen LogP contribution in [0.4, 0.5) is 4.39 Å². The maximum atomic E-state index is 13.6. The highest BCUT2D eigenvalue weighted by molar-refractivity contribution is 7.10. The first-order valence-electron chi connectivity index (χ1n) is 12.3. The molecular weight excluding hydrogens is 463 g/mol. The van der Waals surface area contributed by atoms with Crippen LogP contribution in [0.2, 0.25) is 0 Å². The van der Waals surface area contributed by atoms with E-state index in [1.54, 1.807) is 23.5 Å². The van der Waals surface area contributed by atoms with Crippen LogP contribution in [0.3, 0.4) is 0 Å². The highest BCUT2D eigenvalue weighted by Gasteiger charge is 2.34. The maximum Gasteiger partial charge on any atom is 0.237 e. The van der Waals surface area contributed by atoms with Crippen molar-refractivity contribution < 1.29 is 19.0 Å². The zero-order valence-corrected chi connectivity index (χ0v) is 20.5. The van der Waals surface area contributed by atoms with E-state index in [0.29, 0.717) is 24.8 Å². The number of amides is 1. The molecule has 1 saturated carbocycles. The van der Waals surface area contributed by atoms with Crippen LogP contribution in [0.1, 0.15) is 41.0 Å². The van der Waals surface area contributed by atoms with Crippen molar-refractivity contribution in [3.05, 3.63) is 87.9 Å². The number of carbonyl (C=O) groups is 1.